The van der Waals surface area contributed by atoms with Crippen molar-refractivity contribution in [2.24, 2.45) is 11.8 Å². The number of alkyl carbamates (subject to hydrolysis) is 1. The van der Waals surface area contributed by atoms with Gasteiger partial charge in [0.15, 0.2) is 0 Å². The van der Waals surface area contributed by atoms with Gasteiger partial charge < -0.3 is 30.9 Å². The SMILES string of the molecule is Cc1nc(COC(=O)NC[C@@H](C(=O)N[C@H](Cc2ccccc2)[C@@H](O)CN2CCN(Cc3cccc(O)c3)C[C@@H]2C(=O)NC(C)(C)C)C(C)C)cs1. The van der Waals surface area contributed by atoms with E-state index >= 15 is 0 Å². The summed E-state index contributed by atoms with van der Waals surface area (Å²) in [5.41, 5.74) is 2.10. The lowest BCUT2D eigenvalue weighted by Gasteiger charge is -2.43. The van der Waals surface area contributed by atoms with E-state index in [0.717, 1.165) is 16.1 Å². The fraction of sp³-hybridized carbons (Fsp3) is 0.526. The van der Waals surface area contributed by atoms with Crippen molar-refractivity contribution >= 4 is 29.2 Å². The number of phenols is 1. The minimum Gasteiger partial charge on any atom is -0.508 e. The first-order valence-electron chi connectivity index (χ1n) is 17.6. The van der Waals surface area contributed by atoms with Crippen LogP contribution in [0.2, 0.25) is 0 Å². The van der Waals surface area contributed by atoms with Crippen LogP contribution in [0.3, 0.4) is 0 Å². The largest absolute Gasteiger partial charge is 0.508 e. The summed E-state index contributed by atoms with van der Waals surface area (Å²) in [5.74, 6) is -0.943. The summed E-state index contributed by atoms with van der Waals surface area (Å²) in [5, 5.41) is 33.5. The number of hydrogen-bond acceptors (Lipinski definition) is 10. The Morgan fingerprint density at radius 2 is 1.78 bits per heavy atom. The maximum absolute atomic E-state index is 13.8. The molecular formula is C38H54N6O6S. The number of aryl methyl sites for hydroxylation is 1. The number of nitrogens with zero attached hydrogens (tertiary/aromatic N) is 3. The topological polar surface area (TPSA) is 156 Å². The van der Waals surface area contributed by atoms with Crippen LogP contribution >= 0.6 is 11.3 Å². The van der Waals surface area contributed by atoms with E-state index in [2.05, 4.69) is 25.8 Å². The number of aromatic hydroxyl groups is 1. The molecule has 4 atom stereocenters. The van der Waals surface area contributed by atoms with Crippen LogP contribution in [0.25, 0.3) is 0 Å². The van der Waals surface area contributed by atoms with Crippen molar-refractivity contribution in [2.75, 3.05) is 32.7 Å². The second kappa shape index (κ2) is 18.5. The zero-order chi connectivity index (χ0) is 37.1. The molecule has 0 radical (unpaired) electrons. The molecule has 51 heavy (non-hydrogen) atoms. The predicted molar refractivity (Wildman–Crippen MR) is 198 cm³/mol. The molecule has 0 unspecified atom stereocenters. The lowest BCUT2D eigenvalue weighted by Crippen LogP contribution is -2.63. The van der Waals surface area contributed by atoms with E-state index in [4.69, 9.17) is 4.74 Å². The van der Waals surface area contributed by atoms with Crippen molar-refractivity contribution in [3.63, 3.8) is 0 Å². The Morgan fingerprint density at radius 1 is 1.06 bits per heavy atom. The third-order valence-electron chi connectivity index (χ3n) is 8.83. The smallest absolute Gasteiger partial charge is 0.407 e. The molecule has 13 heteroatoms. The number of benzene rings is 2. The number of β-amino-alcohol motifs (C(OH)–C–C–N with tert-alkyl or cyclic N) is 1. The summed E-state index contributed by atoms with van der Waals surface area (Å²) in [6, 6.07) is 15.5. The molecule has 1 fully saturated rings. The molecule has 0 bridgehead atoms. The first-order valence-corrected chi connectivity index (χ1v) is 18.4. The second-order valence-corrected chi connectivity index (χ2v) is 15.8. The first-order chi connectivity index (χ1) is 24.2. The Labute approximate surface area is 305 Å². The van der Waals surface area contributed by atoms with Gasteiger partial charge in [0.25, 0.3) is 0 Å². The molecule has 5 N–H and O–H groups in total. The van der Waals surface area contributed by atoms with Gasteiger partial charge in [-0.05, 0) is 63.3 Å². The van der Waals surface area contributed by atoms with E-state index in [-0.39, 0.29) is 43.2 Å². The molecule has 0 spiro atoms. The molecule has 1 aliphatic heterocycles. The molecule has 278 valence electrons. The number of amides is 3. The number of aliphatic hydroxyl groups is 1. The summed E-state index contributed by atoms with van der Waals surface area (Å²) < 4.78 is 5.31. The van der Waals surface area contributed by atoms with Crippen molar-refractivity contribution in [3.8, 4) is 5.75 Å². The highest BCUT2D eigenvalue weighted by Gasteiger charge is 2.37. The van der Waals surface area contributed by atoms with Crippen LogP contribution in [-0.2, 0) is 33.9 Å². The monoisotopic (exact) mass is 722 g/mol. The van der Waals surface area contributed by atoms with Gasteiger partial charge in [0.1, 0.15) is 18.4 Å². The number of rotatable bonds is 15. The van der Waals surface area contributed by atoms with Gasteiger partial charge in [0, 0.05) is 50.2 Å². The number of phenolic OH excluding ortho intramolecular Hbond substituents is 1. The highest BCUT2D eigenvalue weighted by atomic mass is 32.1. The molecule has 0 aliphatic carbocycles. The van der Waals surface area contributed by atoms with Crippen LogP contribution < -0.4 is 16.0 Å². The van der Waals surface area contributed by atoms with E-state index < -0.39 is 35.7 Å². The van der Waals surface area contributed by atoms with Gasteiger partial charge in [-0.15, -0.1) is 11.3 Å². The van der Waals surface area contributed by atoms with E-state index in [1.54, 1.807) is 18.2 Å². The molecule has 1 aromatic heterocycles. The van der Waals surface area contributed by atoms with Crippen molar-refractivity contribution in [1.29, 1.82) is 0 Å². The van der Waals surface area contributed by atoms with Gasteiger partial charge in [0.2, 0.25) is 11.8 Å². The third-order valence-corrected chi connectivity index (χ3v) is 9.65. The molecule has 2 aromatic carbocycles. The Balaban J connectivity index is 1.46. The number of hydrogen-bond donors (Lipinski definition) is 5. The summed E-state index contributed by atoms with van der Waals surface area (Å²) in [6.07, 6.45) is -1.27. The molecule has 3 amide bonds. The van der Waals surface area contributed by atoms with E-state index in [1.165, 1.54) is 11.3 Å². The number of piperazine rings is 1. The fourth-order valence-corrected chi connectivity index (χ4v) is 6.75. The number of thiazole rings is 1. The summed E-state index contributed by atoms with van der Waals surface area (Å²) in [4.78, 5) is 48.5. The van der Waals surface area contributed by atoms with Crippen LogP contribution in [0.1, 0.15) is 56.4 Å². The first kappa shape index (κ1) is 39.7. The number of ether oxygens (including phenoxy) is 1. The molecule has 3 aromatic rings. The lowest BCUT2D eigenvalue weighted by molar-refractivity contribution is -0.132. The quantitative estimate of drug-likeness (QED) is 0.157. The molecule has 2 heterocycles. The average Bonchev–Trinajstić information content (AvgIpc) is 3.48. The van der Waals surface area contributed by atoms with Gasteiger partial charge in [0.05, 0.1) is 28.8 Å². The zero-order valence-corrected chi connectivity index (χ0v) is 31.4. The second-order valence-electron chi connectivity index (χ2n) is 14.7. The highest BCUT2D eigenvalue weighted by Crippen LogP contribution is 2.20. The standard InChI is InChI=1S/C38H54N6O6S/c1-25(2)31(19-39-37(49)50-23-29-24-51-26(3)40-29)35(47)41-32(18-27-11-8-7-9-12-27)34(46)22-44-16-15-43(20-28-13-10-14-30(45)17-28)21-33(44)36(48)42-38(4,5)6/h7-14,17,24-25,31-34,45-46H,15-16,18-23H2,1-6H3,(H,39,49)(H,41,47)(H,42,48)/t31-,32-,33-,34+/m1/s1. The van der Waals surface area contributed by atoms with Gasteiger partial charge in [-0.25, -0.2) is 9.78 Å². The number of aliphatic hydroxyl groups excluding tert-OH is 1. The Morgan fingerprint density at radius 3 is 2.43 bits per heavy atom. The third kappa shape index (κ3) is 12.9. The lowest BCUT2D eigenvalue weighted by atomic mass is 9.93. The van der Waals surface area contributed by atoms with Gasteiger partial charge >= 0.3 is 6.09 Å². The van der Waals surface area contributed by atoms with Crippen LogP contribution in [0.15, 0.2) is 60.0 Å². The highest BCUT2D eigenvalue weighted by molar-refractivity contribution is 7.09. The molecule has 1 saturated heterocycles. The number of nitrogens with one attached hydrogen (secondary N) is 3. The molecule has 12 nitrogen and oxygen atoms in total. The van der Waals surface area contributed by atoms with Crippen molar-refractivity contribution in [2.45, 2.75) is 84.8 Å². The average molecular weight is 723 g/mol. The van der Waals surface area contributed by atoms with Crippen molar-refractivity contribution < 1.29 is 29.3 Å². The Hall–Kier alpha value is -4.04. The zero-order valence-electron chi connectivity index (χ0n) is 30.6. The van der Waals surface area contributed by atoms with E-state index in [0.29, 0.717) is 38.3 Å². The molecule has 0 saturated carbocycles. The number of carbonyl (C=O) groups excluding carboxylic acids is 3. The molecular weight excluding hydrogens is 669 g/mol. The summed E-state index contributed by atoms with van der Waals surface area (Å²) >= 11 is 1.48. The minimum absolute atomic E-state index is 0.0406. The summed E-state index contributed by atoms with van der Waals surface area (Å²) in [7, 11) is 0. The maximum Gasteiger partial charge on any atom is 0.407 e. The van der Waals surface area contributed by atoms with E-state index in [1.807, 2.05) is 88.2 Å². The normalized spacial score (nSPS) is 17.4. The van der Waals surface area contributed by atoms with Gasteiger partial charge in [-0.2, -0.15) is 0 Å². The van der Waals surface area contributed by atoms with Gasteiger partial charge in [-0.3, -0.25) is 19.4 Å². The number of aromatic nitrogens is 1. The van der Waals surface area contributed by atoms with E-state index in [9.17, 15) is 24.6 Å². The summed E-state index contributed by atoms with van der Waals surface area (Å²) in [6.45, 7) is 13.9. The number of carbonyl (C=O) groups is 3. The van der Waals surface area contributed by atoms with Crippen LogP contribution in [0.4, 0.5) is 4.79 Å². The fourth-order valence-electron chi connectivity index (χ4n) is 6.15. The minimum atomic E-state index is -1.01. The maximum atomic E-state index is 13.8. The Bertz CT molecular complexity index is 1580. The van der Waals surface area contributed by atoms with Crippen molar-refractivity contribution in [1.82, 2.24) is 30.7 Å². The van der Waals surface area contributed by atoms with Crippen LogP contribution in [0.5, 0.6) is 5.75 Å². The molecule has 1 aliphatic rings. The predicted octanol–water partition coefficient (Wildman–Crippen LogP) is 3.85. The van der Waals surface area contributed by atoms with Crippen LogP contribution in [-0.4, -0.2) is 99.4 Å². The Kier molecular flexibility index (Phi) is 14.4. The van der Waals surface area contributed by atoms with Crippen molar-refractivity contribution in [3.05, 3.63) is 81.8 Å². The van der Waals surface area contributed by atoms with Gasteiger partial charge in [-0.1, -0.05) is 56.3 Å². The van der Waals surface area contributed by atoms with Crippen LogP contribution in [0, 0.1) is 18.8 Å². The molecule has 4 rings (SSSR count).